The molecule has 0 aliphatic carbocycles. The molecule has 0 amide bonds. The van der Waals surface area contributed by atoms with Crippen molar-refractivity contribution in [2.45, 2.75) is 19.8 Å². The Kier molecular flexibility index (Phi) is 4.87. The highest BCUT2D eigenvalue weighted by Gasteiger charge is 2.22. The summed E-state index contributed by atoms with van der Waals surface area (Å²) in [6.07, 6.45) is 7.87. The molecular weight excluding hydrogens is 398 g/mol. The molecule has 9 nitrogen and oxygen atoms in total. The van der Waals surface area contributed by atoms with Gasteiger partial charge in [-0.2, -0.15) is 19.1 Å². The van der Waals surface area contributed by atoms with Crippen LogP contribution in [-0.2, 0) is 7.05 Å². The molecule has 156 valence electrons. The van der Waals surface area contributed by atoms with Gasteiger partial charge in [0, 0.05) is 43.5 Å². The molecule has 10 heteroatoms. The van der Waals surface area contributed by atoms with E-state index in [-0.39, 0.29) is 0 Å². The number of aromatic nitrogens is 6. The number of hydrogen-bond acceptors (Lipinski definition) is 8. The first-order chi connectivity index (χ1) is 14.6. The van der Waals surface area contributed by atoms with Gasteiger partial charge < -0.3 is 16.0 Å². The fraction of sp³-hybridized carbons (Fsp3) is 0.400. The van der Waals surface area contributed by atoms with Gasteiger partial charge in [0.05, 0.1) is 18.1 Å². The number of piperidine rings is 1. The summed E-state index contributed by atoms with van der Waals surface area (Å²) in [5.41, 5.74) is 9.64. The van der Waals surface area contributed by atoms with Gasteiger partial charge in [0.1, 0.15) is 16.6 Å². The fourth-order valence-electron chi connectivity index (χ4n) is 3.91. The van der Waals surface area contributed by atoms with E-state index in [1.165, 1.54) is 11.5 Å². The van der Waals surface area contributed by atoms with Crippen molar-refractivity contribution in [1.82, 2.24) is 28.8 Å². The molecule has 5 rings (SSSR count). The molecular formula is C20H25N9S. The molecule has 4 aromatic rings. The zero-order chi connectivity index (χ0) is 20.7. The van der Waals surface area contributed by atoms with Gasteiger partial charge in [-0.15, -0.1) is 0 Å². The number of rotatable bonds is 5. The fourth-order valence-corrected chi connectivity index (χ4v) is 4.58. The van der Waals surface area contributed by atoms with Crippen LogP contribution in [0, 0.1) is 12.8 Å². The van der Waals surface area contributed by atoms with Crippen LogP contribution in [0.25, 0.3) is 16.8 Å². The molecule has 1 fully saturated rings. The van der Waals surface area contributed by atoms with Crippen molar-refractivity contribution in [1.29, 1.82) is 0 Å². The van der Waals surface area contributed by atoms with Crippen molar-refractivity contribution >= 4 is 33.8 Å². The normalized spacial score (nSPS) is 15.2. The summed E-state index contributed by atoms with van der Waals surface area (Å²) in [5, 5.41) is 13.4. The van der Waals surface area contributed by atoms with Gasteiger partial charge in [0.25, 0.3) is 0 Å². The lowest BCUT2D eigenvalue weighted by molar-refractivity contribution is 0.413. The number of aryl methyl sites for hydroxylation is 2. The van der Waals surface area contributed by atoms with Crippen molar-refractivity contribution in [3.8, 4) is 11.1 Å². The van der Waals surface area contributed by atoms with E-state index >= 15 is 0 Å². The second-order valence-corrected chi connectivity index (χ2v) is 8.62. The first-order valence-electron chi connectivity index (χ1n) is 10.1. The maximum absolute atomic E-state index is 5.88. The Morgan fingerprint density at radius 3 is 2.70 bits per heavy atom. The van der Waals surface area contributed by atoms with Crippen LogP contribution >= 0.6 is 11.5 Å². The van der Waals surface area contributed by atoms with Gasteiger partial charge in [-0.05, 0) is 49.8 Å². The van der Waals surface area contributed by atoms with Gasteiger partial charge in [0.15, 0.2) is 5.65 Å². The number of fused-ring (bicyclic) bond motifs is 1. The summed E-state index contributed by atoms with van der Waals surface area (Å²) in [7, 11) is 1.91. The van der Waals surface area contributed by atoms with Gasteiger partial charge in [-0.3, -0.25) is 4.68 Å². The summed E-state index contributed by atoms with van der Waals surface area (Å²) in [5.74, 6) is 2.42. The minimum absolute atomic E-state index is 0.601. The molecule has 1 aliphatic heterocycles. The highest BCUT2D eigenvalue weighted by atomic mass is 32.1. The van der Waals surface area contributed by atoms with Gasteiger partial charge in [-0.25, -0.2) is 4.98 Å². The quantitative estimate of drug-likeness (QED) is 0.509. The predicted molar refractivity (Wildman–Crippen MR) is 119 cm³/mol. The highest BCUT2D eigenvalue weighted by molar-refractivity contribution is 7.10. The average Bonchev–Trinajstić information content (AvgIpc) is 3.48. The molecule has 5 heterocycles. The Morgan fingerprint density at radius 1 is 1.20 bits per heavy atom. The molecule has 0 atom stereocenters. The molecule has 0 saturated carbocycles. The number of anilines is 3. The molecule has 1 saturated heterocycles. The topological polar surface area (TPSA) is 102 Å². The van der Waals surface area contributed by atoms with Crippen LogP contribution in [0.3, 0.4) is 0 Å². The second-order valence-electron chi connectivity index (χ2n) is 7.82. The van der Waals surface area contributed by atoms with E-state index in [2.05, 4.69) is 30.9 Å². The summed E-state index contributed by atoms with van der Waals surface area (Å²) < 4.78 is 8.02. The number of hydrogen-bond donors (Lipinski definition) is 2. The monoisotopic (exact) mass is 423 g/mol. The number of nitrogens with two attached hydrogens (primary N) is 1. The Hall–Kier alpha value is -2.98. The Labute approximate surface area is 178 Å². The van der Waals surface area contributed by atoms with Crippen LogP contribution in [0.15, 0.2) is 30.7 Å². The van der Waals surface area contributed by atoms with E-state index in [1.54, 1.807) is 4.68 Å². The Morgan fingerprint density at radius 2 is 2.03 bits per heavy atom. The van der Waals surface area contributed by atoms with Crippen molar-refractivity contribution < 1.29 is 0 Å². The van der Waals surface area contributed by atoms with E-state index < -0.39 is 0 Å². The van der Waals surface area contributed by atoms with Crippen molar-refractivity contribution in [2.24, 2.45) is 18.7 Å². The zero-order valence-electron chi connectivity index (χ0n) is 17.1. The summed E-state index contributed by atoms with van der Waals surface area (Å²) >= 11 is 1.44. The Balaban J connectivity index is 1.59. The molecule has 1 aliphatic rings. The third-order valence-corrected chi connectivity index (χ3v) is 6.42. The van der Waals surface area contributed by atoms with Crippen LogP contribution in [0.2, 0.25) is 0 Å². The van der Waals surface area contributed by atoms with Crippen molar-refractivity contribution in [2.75, 3.05) is 29.9 Å². The van der Waals surface area contributed by atoms with Crippen molar-refractivity contribution in [3.05, 3.63) is 36.4 Å². The first kappa shape index (κ1) is 19.0. The van der Waals surface area contributed by atoms with Crippen LogP contribution in [-0.4, -0.2) is 48.4 Å². The molecule has 0 spiro atoms. The predicted octanol–water partition coefficient (Wildman–Crippen LogP) is 2.81. The molecule has 3 N–H and O–H groups in total. The maximum atomic E-state index is 5.88. The third kappa shape index (κ3) is 3.52. The van der Waals surface area contributed by atoms with E-state index in [4.69, 9.17) is 10.7 Å². The summed E-state index contributed by atoms with van der Waals surface area (Å²) in [6, 6.07) is 4.11. The smallest absolute Gasteiger partial charge is 0.167 e. The van der Waals surface area contributed by atoms with Gasteiger partial charge in [0.2, 0.25) is 0 Å². The van der Waals surface area contributed by atoms with E-state index in [9.17, 15) is 0 Å². The standard InChI is InChI=1S/C20H25N9S/c1-13-7-19(30-26-13)24-18-8-17(28-5-3-14(9-21)4-6-28)25-20-16(11-23-29(18)20)15-10-22-27(2)12-15/h7-8,10-12,14,24H,3-6,9,21H2,1-2H3. The molecule has 4 aromatic heterocycles. The lowest BCUT2D eigenvalue weighted by atomic mass is 9.97. The Bertz CT molecular complexity index is 1170. The molecule has 0 aromatic carbocycles. The van der Waals surface area contributed by atoms with Crippen LogP contribution < -0.4 is 16.0 Å². The third-order valence-electron chi connectivity index (χ3n) is 5.63. The van der Waals surface area contributed by atoms with Gasteiger partial charge in [-0.1, -0.05) is 0 Å². The minimum atomic E-state index is 0.601. The lowest BCUT2D eigenvalue weighted by Gasteiger charge is -2.32. The zero-order valence-corrected chi connectivity index (χ0v) is 17.9. The molecule has 0 bridgehead atoms. The summed E-state index contributed by atoms with van der Waals surface area (Å²) in [4.78, 5) is 7.35. The van der Waals surface area contributed by atoms with E-state index in [1.807, 2.05) is 43.1 Å². The highest BCUT2D eigenvalue weighted by Crippen LogP contribution is 2.31. The van der Waals surface area contributed by atoms with E-state index in [0.29, 0.717) is 5.92 Å². The number of nitrogens with zero attached hydrogens (tertiary/aromatic N) is 7. The molecule has 0 radical (unpaired) electrons. The lowest BCUT2D eigenvalue weighted by Crippen LogP contribution is -2.36. The largest absolute Gasteiger partial charge is 0.356 e. The SMILES string of the molecule is Cc1cc(Nc2cc(N3CCC(CN)CC3)nc3c(-c4cnn(C)c4)cnn23)sn1. The first-order valence-corrected chi connectivity index (χ1v) is 10.9. The molecule has 30 heavy (non-hydrogen) atoms. The van der Waals surface area contributed by atoms with E-state index in [0.717, 1.165) is 71.6 Å². The maximum Gasteiger partial charge on any atom is 0.167 e. The summed E-state index contributed by atoms with van der Waals surface area (Å²) in [6.45, 7) is 4.66. The minimum Gasteiger partial charge on any atom is -0.356 e. The van der Waals surface area contributed by atoms with Crippen LogP contribution in [0.5, 0.6) is 0 Å². The van der Waals surface area contributed by atoms with Crippen LogP contribution in [0.1, 0.15) is 18.5 Å². The number of nitrogens with one attached hydrogen (secondary N) is 1. The average molecular weight is 424 g/mol. The van der Waals surface area contributed by atoms with Crippen LogP contribution in [0.4, 0.5) is 16.6 Å². The van der Waals surface area contributed by atoms with Gasteiger partial charge >= 0.3 is 0 Å². The second kappa shape index (κ2) is 7.69. The van der Waals surface area contributed by atoms with Crippen molar-refractivity contribution in [3.63, 3.8) is 0 Å². The molecule has 0 unspecified atom stereocenters.